The lowest BCUT2D eigenvalue weighted by Crippen LogP contribution is -2.22. The van der Waals surface area contributed by atoms with E-state index >= 15 is 0 Å². The molecule has 0 radical (unpaired) electrons. The lowest BCUT2D eigenvalue weighted by atomic mass is 9.75. The molecule has 0 atom stereocenters. The monoisotopic (exact) mass is 306 g/mol. The number of nitrogens with zero attached hydrogens (tertiary/aromatic N) is 1. The number of fused-ring (bicyclic) bond motifs is 3. The third-order valence-electron chi connectivity index (χ3n) is 4.45. The van der Waals surface area contributed by atoms with Crippen LogP contribution in [0.3, 0.4) is 0 Å². The fraction of sp³-hybridized carbons (Fsp3) is 0.381. The number of rotatable bonds is 4. The Morgan fingerprint density at radius 2 is 1.39 bits per heavy atom. The zero-order valence-electron chi connectivity index (χ0n) is 14.2. The molecule has 1 aliphatic carbocycles. The van der Waals surface area contributed by atoms with Gasteiger partial charge in [-0.1, -0.05) is 75.2 Å². The van der Waals surface area contributed by atoms with Crippen LogP contribution in [0.5, 0.6) is 0 Å². The zero-order chi connectivity index (χ0) is 16.7. The number of nitrogens with two attached hydrogens (primary N) is 1. The van der Waals surface area contributed by atoms with Gasteiger partial charge in [-0.05, 0) is 41.6 Å². The minimum atomic E-state index is -0.441. The largest absolute Gasteiger partial charge is 0.330 e. The second-order valence-corrected chi connectivity index (χ2v) is 6.00. The van der Waals surface area contributed by atoms with Crippen molar-refractivity contribution in [3.8, 4) is 17.2 Å². The van der Waals surface area contributed by atoms with Crippen LogP contribution >= 0.6 is 0 Å². The molecule has 0 aliphatic heterocycles. The molecule has 2 nitrogen and oxygen atoms in total. The number of hydrogen-bond acceptors (Lipinski definition) is 2. The molecule has 0 unspecified atom stereocenters. The van der Waals surface area contributed by atoms with E-state index in [0.717, 1.165) is 32.2 Å². The third-order valence-corrected chi connectivity index (χ3v) is 4.45. The Labute approximate surface area is 140 Å². The Kier molecular flexibility index (Phi) is 5.96. The van der Waals surface area contributed by atoms with Crippen molar-refractivity contribution >= 4 is 0 Å². The molecule has 120 valence electrons. The highest BCUT2D eigenvalue weighted by atomic mass is 14.5. The van der Waals surface area contributed by atoms with Gasteiger partial charge >= 0.3 is 0 Å². The third kappa shape index (κ3) is 3.16. The van der Waals surface area contributed by atoms with Crippen LogP contribution in [0.1, 0.15) is 50.7 Å². The van der Waals surface area contributed by atoms with E-state index < -0.39 is 5.41 Å². The van der Waals surface area contributed by atoms with Crippen molar-refractivity contribution in [1.29, 1.82) is 5.26 Å². The highest BCUT2D eigenvalue weighted by molar-refractivity contribution is 5.82. The fourth-order valence-electron chi connectivity index (χ4n) is 3.21. The summed E-state index contributed by atoms with van der Waals surface area (Å²) in [6.07, 6.45) is 4.21. The molecule has 0 bridgehead atoms. The van der Waals surface area contributed by atoms with Gasteiger partial charge in [-0.2, -0.15) is 5.26 Å². The van der Waals surface area contributed by atoms with Gasteiger partial charge < -0.3 is 5.73 Å². The van der Waals surface area contributed by atoms with Crippen LogP contribution in [-0.4, -0.2) is 6.54 Å². The van der Waals surface area contributed by atoms with Crippen molar-refractivity contribution in [3.05, 3.63) is 59.7 Å². The van der Waals surface area contributed by atoms with E-state index in [1.165, 1.54) is 22.3 Å². The first-order valence-corrected chi connectivity index (χ1v) is 8.55. The summed E-state index contributed by atoms with van der Waals surface area (Å²) in [5.74, 6) is 0. The van der Waals surface area contributed by atoms with Crippen molar-refractivity contribution in [2.75, 3.05) is 6.54 Å². The van der Waals surface area contributed by atoms with Gasteiger partial charge in [0.25, 0.3) is 0 Å². The number of hydrogen-bond donors (Lipinski definition) is 1. The molecule has 0 spiro atoms. The molecule has 3 rings (SSSR count). The Bertz CT molecular complexity index is 635. The predicted octanol–water partition coefficient (Wildman–Crippen LogP) is 5.02. The summed E-state index contributed by atoms with van der Waals surface area (Å²) in [6, 6.07) is 19.3. The smallest absolute Gasteiger partial charge is 0.108 e. The van der Waals surface area contributed by atoms with Crippen LogP contribution in [0.15, 0.2) is 48.5 Å². The quantitative estimate of drug-likeness (QED) is 0.862. The number of benzene rings is 2. The van der Waals surface area contributed by atoms with Crippen molar-refractivity contribution in [3.63, 3.8) is 0 Å². The van der Waals surface area contributed by atoms with E-state index in [1.54, 1.807) is 0 Å². The van der Waals surface area contributed by atoms with Gasteiger partial charge in [-0.3, -0.25) is 0 Å². The Morgan fingerprint density at radius 1 is 0.913 bits per heavy atom. The predicted molar refractivity (Wildman–Crippen MR) is 97.1 cm³/mol. The lowest BCUT2D eigenvalue weighted by Gasteiger charge is -2.23. The van der Waals surface area contributed by atoms with E-state index in [4.69, 9.17) is 5.73 Å². The normalized spacial score (nSPS) is 13.3. The van der Waals surface area contributed by atoms with Crippen LogP contribution in [0.4, 0.5) is 0 Å². The maximum Gasteiger partial charge on any atom is 0.108 e. The highest BCUT2D eigenvalue weighted by Gasteiger charge is 2.42. The van der Waals surface area contributed by atoms with Crippen molar-refractivity contribution in [2.45, 2.75) is 44.9 Å². The molecular formula is C21H26N2. The molecule has 0 heterocycles. The minimum absolute atomic E-state index is 0.441. The molecule has 23 heavy (non-hydrogen) atoms. The maximum atomic E-state index is 9.89. The van der Waals surface area contributed by atoms with Gasteiger partial charge in [0.15, 0.2) is 0 Å². The first-order chi connectivity index (χ1) is 11.2. The molecule has 0 saturated heterocycles. The van der Waals surface area contributed by atoms with Gasteiger partial charge in [-0.25, -0.2) is 0 Å². The first kappa shape index (κ1) is 17.2. The average Bonchev–Trinajstić information content (AvgIpc) is 2.91. The Morgan fingerprint density at radius 3 is 1.78 bits per heavy atom. The second-order valence-electron chi connectivity index (χ2n) is 6.00. The van der Waals surface area contributed by atoms with Crippen LogP contribution in [-0.2, 0) is 5.41 Å². The van der Waals surface area contributed by atoms with Gasteiger partial charge in [-0.15, -0.1) is 0 Å². The van der Waals surface area contributed by atoms with Gasteiger partial charge in [0, 0.05) is 0 Å². The maximum absolute atomic E-state index is 9.89. The Hall–Kier alpha value is -2.11. The van der Waals surface area contributed by atoms with Gasteiger partial charge in [0.05, 0.1) is 6.07 Å². The summed E-state index contributed by atoms with van der Waals surface area (Å²) < 4.78 is 0. The summed E-state index contributed by atoms with van der Waals surface area (Å²) in [5.41, 5.74) is 9.43. The molecule has 2 heteroatoms. The number of nitriles is 1. The lowest BCUT2D eigenvalue weighted by molar-refractivity contribution is 0.566. The molecule has 1 aliphatic rings. The van der Waals surface area contributed by atoms with E-state index in [1.807, 2.05) is 12.1 Å². The summed E-state index contributed by atoms with van der Waals surface area (Å²) in [7, 11) is 0. The van der Waals surface area contributed by atoms with Crippen LogP contribution in [0, 0.1) is 11.3 Å². The minimum Gasteiger partial charge on any atom is -0.330 e. The van der Waals surface area contributed by atoms with Gasteiger partial charge in [0.1, 0.15) is 5.41 Å². The van der Waals surface area contributed by atoms with Crippen molar-refractivity contribution < 1.29 is 0 Å². The molecule has 0 amide bonds. The molecule has 2 aromatic carbocycles. The topological polar surface area (TPSA) is 49.8 Å². The second kappa shape index (κ2) is 7.94. The van der Waals surface area contributed by atoms with E-state index in [0.29, 0.717) is 0 Å². The molecule has 0 saturated carbocycles. The standard InChI is InChI=1S/C18H17N.C3H9N/c1-2-3-12-18(13-19)16-10-6-4-8-14(16)15-9-5-7-11-17(15)18;1-2-3-4/h4-11H,2-3,12H2,1H3;2-4H2,1H3. The molecule has 0 fully saturated rings. The highest BCUT2D eigenvalue weighted by Crippen LogP contribution is 2.50. The van der Waals surface area contributed by atoms with Gasteiger partial charge in [0.2, 0.25) is 0 Å². The SMILES string of the molecule is CCCCC1(C#N)c2ccccc2-c2ccccc21.CCCN. The Balaban J connectivity index is 0.000000433. The molecular weight excluding hydrogens is 280 g/mol. The summed E-state index contributed by atoms with van der Waals surface area (Å²) in [6.45, 7) is 5.05. The summed E-state index contributed by atoms with van der Waals surface area (Å²) in [5, 5.41) is 9.89. The van der Waals surface area contributed by atoms with Crippen molar-refractivity contribution in [2.24, 2.45) is 5.73 Å². The molecule has 2 aromatic rings. The first-order valence-electron chi connectivity index (χ1n) is 8.55. The zero-order valence-corrected chi connectivity index (χ0v) is 14.2. The van der Waals surface area contributed by atoms with E-state index in [-0.39, 0.29) is 0 Å². The number of unbranched alkanes of at least 4 members (excludes halogenated alkanes) is 1. The summed E-state index contributed by atoms with van der Waals surface area (Å²) in [4.78, 5) is 0. The van der Waals surface area contributed by atoms with Crippen molar-refractivity contribution in [1.82, 2.24) is 0 Å². The fourth-order valence-corrected chi connectivity index (χ4v) is 3.21. The molecule has 2 N–H and O–H groups in total. The van der Waals surface area contributed by atoms with Crippen LogP contribution in [0.25, 0.3) is 11.1 Å². The average molecular weight is 306 g/mol. The van der Waals surface area contributed by atoms with E-state index in [2.05, 4.69) is 56.3 Å². The van der Waals surface area contributed by atoms with E-state index in [9.17, 15) is 5.26 Å². The van der Waals surface area contributed by atoms with Crippen LogP contribution < -0.4 is 5.73 Å². The molecule has 0 aromatic heterocycles. The summed E-state index contributed by atoms with van der Waals surface area (Å²) >= 11 is 0. The van der Waals surface area contributed by atoms with Crippen LogP contribution in [0.2, 0.25) is 0 Å².